The molecule has 0 aliphatic rings. The topological polar surface area (TPSA) is 46.5 Å². The fourth-order valence-corrected chi connectivity index (χ4v) is 0.540. The van der Waals surface area contributed by atoms with Crippen molar-refractivity contribution in [2.24, 2.45) is 0 Å². The summed E-state index contributed by atoms with van der Waals surface area (Å²) in [5.74, 6) is 0. The normalized spacial score (nSPS) is 17.2. The van der Waals surface area contributed by atoms with Gasteiger partial charge in [0.1, 0.15) is 0 Å². The van der Waals surface area contributed by atoms with Gasteiger partial charge < -0.3 is 0 Å². The van der Waals surface area contributed by atoms with E-state index >= 15 is 0 Å². The molecule has 0 amide bonds. The number of hydrogen-bond acceptors (Lipinski definition) is 2. The molecule has 48 valence electrons. The van der Waals surface area contributed by atoms with Crippen LogP contribution < -0.4 is 0 Å². The van der Waals surface area contributed by atoms with E-state index in [1.165, 1.54) is 6.08 Å². The molecule has 0 bridgehead atoms. The van der Waals surface area contributed by atoms with Gasteiger partial charge in [-0.15, -0.1) is 0 Å². The number of rotatable bonds is 3. The summed E-state index contributed by atoms with van der Waals surface area (Å²) in [5.41, 5.74) is -0.888. The van der Waals surface area contributed by atoms with Crippen molar-refractivity contribution >= 4 is 23.0 Å². The molecule has 0 radical (unpaired) electrons. The molecule has 0 saturated carbocycles. The van der Waals surface area contributed by atoms with E-state index in [0.29, 0.717) is 0 Å². The smallest absolute Gasteiger partial charge is 0.284 e. The molecule has 2 atom stereocenters. The van der Waals surface area contributed by atoms with Gasteiger partial charge in [0.2, 0.25) is 0 Å². The van der Waals surface area contributed by atoms with Crippen LogP contribution in [0.1, 0.15) is 0 Å². The van der Waals surface area contributed by atoms with E-state index in [1.54, 1.807) is 0 Å². The van der Waals surface area contributed by atoms with Crippen molar-refractivity contribution in [2.75, 3.05) is 0 Å². The molecule has 0 aromatic heterocycles. The number of hydrogen-bond donors (Lipinski definition) is 1. The van der Waals surface area contributed by atoms with E-state index in [9.17, 15) is 4.21 Å². The van der Waals surface area contributed by atoms with Gasteiger partial charge in [-0.25, -0.2) is 4.18 Å². The fraction of sp³-hybridized carbons (Fsp3) is 0.333. The molecular formula is C3H5ClO3S. The highest BCUT2D eigenvalue weighted by molar-refractivity contribution is 7.74. The highest BCUT2D eigenvalue weighted by Crippen LogP contribution is 1.99. The van der Waals surface area contributed by atoms with Crippen molar-refractivity contribution in [1.82, 2.24) is 0 Å². The average Bonchev–Trinajstić information content (AvgIpc) is 1.65. The third kappa shape index (κ3) is 4.26. The Morgan fingerprint density at radius 2 is 2.50 bits per heavy atom. The predicted octanol–water partition coefficient (Wildman–Crippen LogP) is 0.891. The fourth-order valence-electron chi connectivity index (χ4n) is 0.118. The van der Waals surface area contributed by atoms with Gasteiger partial charge in [0, 0.05) is 0 Å². The third-order valence-corrected chi connectivity index (χ3v) is 1.10. The lowest BCUT2D eigenvalue weighted by molar-refractivity contribution is 0.314. The average molecular weight is 157 g/mol. The lowest BCUT2D eigenvalue weighted by Gasteiger charge is -1.96. The van der Waals surface area contributed by atoms with Gasteiger partial charge in [0.05, 0.1) is 0 Å². The van der Waals surface area contributed by atoms with Crippen LogP contribution in [0.5, 0.6) is 0 Å². The van der Waals surface area contributed by atoms with Crippen molar-refractivity contribution in [3.8, 4) is 0 Å². The summed E-state index contributed by atoms with van der Waals surface area (Å²) in [4.78, 5) is 0. The van der Waals surface area contributed by atoms with E-state index in [-0.39, 0.29) is 0 Å². The molecule has 3 nitrogen and oxygen atoms in total. The van der Waals surface area contributed by atoms with Crippen LogP contribution in [0.2, 0.25) is 0 Å². The Bertz CT molecular complexity index is 105. The van der Waals surface area contributed by atoms with Crippen molar-refractivity contribution in [3.63, 3.8) is 0 Å². The summed E-state index contributed by atoms with van der Waals surface area (Å²) in [6.45, 7) is 3.21. The maximum absolute atomic E-state index is 9.73. The van der Waals surface area contributed by atoms with Gasteiger partial charge in [0.25, 0.3) is 0 Å². The molecule has 0 fully saturated rings. The van der Waals surface area contributed by atoms with Crippen LogP contribution in [0.25, 0.3) is 0 Å². The van der Waals surface area contributed by atoms with Gasteiger partial charge in [-0.1, -0.05) is 18.2 Å². The van der Waals surface area contributed by atoms with Gasteiger partial charge >= 0.3 is 11.4 Å². The molecule has 0 aromatic rings. The van der Waals surface area contributed by atoms with Gasteiger partial charge in [-0.05, 0) is 6.08 Å². The second-order valence-electron chi connectivity index (χ2n) is 0.900. The van der Waals surface area contributed by atoms with Crippen LogP contribution in [-0.4, -0.2) is 14.3 Å². The van der Waals surface area contributed by atoms with Crippen LogP contribution in [0, 0.1) is 0 Å². The Hall–Kier alpha value is 0.1000. The predicted molar refractivity (Wildman–Crippen MR) is 31.7 cm³/mol. The minimum atomic E-state index is -2.30. The Labute approximate surface area is 54.8 Å². The zero-order valence-electron chi connectivity index (χ0n) is 3.91. The summed E-state index contributed by atoms with van der Waals surface area (Å²) in [7, 11) is 0. The minimum absolute atomic E-state index is 0.888. The molecule has 8 heavy (non-hydrogen) atoms. The van der Waals surface area contributed by atoms with Crippen molar-refractivity contribution in [2.45, 2.75) is 5.56 Å². The molecular weight excluding hydrogens is 152 g/mol. The maximum Gasteiger partial charge on any atom is 0.303 e. The first-order chi connectivity index (χ1) is 3.66. The van der Waals surface area contributed by atoms with E-state index < -0.39 is 16.9 Å². The molecule has 1 N–H and O–H groups in total. The van der Waals surface area contributed by atoms with Gasteiger partial charge in [-0.2, -0.15) is 4.21 Å². The van der Waals surface area contributed by atoms with Crippen LogP contribution in [0.3, 0.4) is 0 Å². The van der Waals surface area contributed by atoms with Gasteiger partial charge in [0.15, 0.2) is 5.56 Å². The minimum Gasteiger partial charge on any atom is -0.284 e. The van der Waals surface area contributed by atoms with Crippen LogP contribution in [0.15, 0.2) is 12.7 Å². The highest BCUT2D eigenvalue weighted by atomic mass is 35.5. The van der Waals surface area contributed by atoms with Crippen LogP contribution >= 0.6 is 11.6 Å². The summed E-state index contributed by atoms with van der Waals surface area (Å²) in [6.07, 6.45) is 1.20. The summed E-state index contributed by atoms with van der Waals surface area (Å²) in [5, 5.41) is 0. The van der Waals surface area contributed by atoms with E-state index in [1.807, 2.05) is 0 Å². The Balaban J connectivity index is 3.38. The third-order valence-electron chi connectivity index (χ3n) is 0.360. The second kappa shape index (κ2) is 4.03. The molecule has 0 saturated heterocycles. The molecule has 2 unspecified atom stereocenters. The number of alkyl halides is 1. The van der Waals surface area contributed by atoms with Crippen LogP contribution in [0.4, 0.5) is 0 Å². The zero-order chi connectivity index (χ0) is 6.57. The Morgan fingerprint density at radius 1 is 2.00 bits per heavy atom. The number of halogens is 1. The molecule has 0 spiro atoms. The lowest BCUT2D eigenvalue weighted by atomic mass is 10.7. The monoisotopic (exact) mass is 156 g/mol. The van der Waals surface area contributed by atoms with Crippen molar-refractivity contribution < 1.29 is 12.9 Å². The Morgan fingerprint density at radius 3 is 2.62 bits per heavy atom. The van der Waals surface area contributed by atoms with Gasteiger partial charge in [-0.3, -0.25) is 4.55 Å². The Kier molecular flexibility index (Phi) is 4.08. The van der Waals surface area contributed by atoms with Crippen molar-refractivity contribution in [1.29, 1.82) is 0 Å². The van der Waals surface area contributed by atoms with E-state index in [2.05, 4.69) is 10.8 Å². The molecule has 0 heterocycles. The molecule has 5 heteroatoms. The molecule has 0 aliphatic heterocycles. The summed E-state index contributed by atoms with van der Waals surface area (Å²) < 4.78 is 21.8. The summed E-state index contributed by atoms with van der Waals surface area (Å²) >= 11 is 2.87. The van der Waals surface area contributed by atoms with E-state index in [0.717, 1.165) is 0 Å². The molecule has 0 aromatic carbocycles. The zero-order valence-corrected chi connectivity index (χ0v) is 5.48. The SMILES string of the molecule is C=CC(Cl)OS(=O)O. The first-order valence-corrected chi connectivity index (χ1v) is 3.18. The van der Waals surface area contributed by atoms with Crippen molar-refractivity contribution in [3.05, 3.63) is 12.7 Å². The quantitative estimate of drug-likeness (QED) is 0.375. The largest absolute Gasteiger partial charge is 0.303 e. The molecule has 0 rings (SSSR count). The van der Waals surface area contributed by atoms with E-state index in [4.69, 9.17) is 16.2 Å². The first-order valence-electron chi connectivity index (χ1n) is 1.71. The second-order valence-corrected chi connectivity index (χ2v) is 1.96. The lowest BCUT2D eigenvalue weighted by Crippen LogP contribution is -2.02. The van der Waals surface area contributed by atoms with Crippen LogP contribution in [-0.2, 0) is 15.5 Å². The standard InChI is InChI=1S/C3H5ClO3S/c1-2-3(4)7-8(5)6/h2-3H,1H2,(H,5,6). The maximum atomic E-state index is 9.73. The highest BCUT2D eigenvalue weighted by Gasteiger charge is 2.00. The molecule has 0 aliphatic carbocycles. The first kappa shape index (κ1) is 8.10. The summed E-state index contributed by atoms with van der Waals surface area (Å²) in [6, 6.07) is 0.